The standard InChI is InChI=1S/C15H14Cl2N2O2/c1-20-14-6-5-10(8-19-18)7-15(14)21-9-11-12(16)3-2-4-13(11)17/h2-8H,9,18H2,1H3. The van der Waals surface area contributed by atoms with Gasteiger partial charge in [0.05, 0.1) is 13.3 Å². The van der Waals surface area contributed by atoms with E-state index >= 15 is 0 Å². The highest BCUT2D eigenvalue weighted by atomic mass is 35.5. The lowest BCUT2D eigenvalue weighted by molar-refractivity contribution is 0.284. The van der Waals surface area contributed by atoms with Crippen molar-refractivity contribution >= 4 is 29.4 Å². The third-order valence-electron chi connectivity index (χ3n) is 2.84. The van der Waals surface area contributed by atoms with Crippen molar-refractivity contribution < 1.29 is 9.47 Å². The highest BCUT2D eigenvalue weighted by molar-refractivity contribution is 6.35. The number of hydrogen-bond acceptors (Lipinski definition) is 4. The molecule has 0 heterocycles. The van der Waals surface area contributed by atoms with Crippen LogP contribution in [0.25, 0.3) is 0 Å². The fraction of sp³-hybridized carbons (Fsp3) is 0.133. The number of rotatable bonds is 5. The molecule has 0 unspecified atom stereocenters. The van der Waals surface area contributed by atoms with Crippen molar-refractivity contribution in [3.05, 3.63) is 57.6 Å². The highest BCUT2D eigenvalue weighted by Gasteiger charge is 2.09. The van der Waals surface area contributed by atoms with Crippen LogP contribution in [0.2, 0.25) is 10.0 Å². The maximum Gasteiger partial charge on any atom is 0.162 e. The van der Waals surface area contributed by atoms with Crippen molar-refractivity contribution in [1.82, 2.24) is 0 Å². The summed E-state index contributed by atoms with van der Waals surface area (Å²) < 4.78 is 11.0. The minimum absolute atomic E-state index is 0.234. The first-order valence-electron chi connectivity index (χ1n) is 6.12. The number of nitrogens with zero attached hydrogens (tertiary/aromatic N) is 1. The van der Waals surface area contributed by atoms with Crippen LogP contribution in [0, 0.1) is 0 Å². The van der Waals surface area contributed by atoms with Crippen LogP contribution in [0.3, 0.4) is 0 Å². The Balaban J connectivity index is 2.24. The molecular formula is C15H14Cl2N2O2. The minimum Gasteiger partial charge on any atom is -0.493 e. The quantitative estimate of drug-likeness (QED) is 0.516. The molecule has 0 amide bonds. The number of hydrazone groups is 1. The molecule has 0 aliphatic carbocycles. The Morgan fingerprint density at radius 3 is 2.48 bits per heavy atom. The molecule has 0 aliphatic heterocycles. The molecule has 4 nitrogen and oxygen atoms in total. The van der Waals surface area contributed by atoms with Crippen molar-refractivity contribution in [1.29, 1.82) is 0 Å². The highest BCUT2D eigenvalue weighted by Crippen LogP contribution is 2.31. The van der Waals surface area contributed by atoms with Gasteiger partial charge in [-0.3, -0.25) is 0 Å². The second kappa shape index (κ2) is 7.20. The zero-order valence-corrected chi connectivity index (χ0v) is 12.9. The van der Waals surface area contributed by atoms with E-state index in [0.717, 1.165) is 11.1 Å². The molecule has 21 heavy (non-hydrogen) atoms. The van der Waals surface area contributed by atoms with E-state index in [0.29, 0.717) is 21.5 Å². The van der Waals surface area contributed by atoms with Gasteiger partial charge in [-0.2, -0.15) is 5.10 Å². The van der Waals surface area contributed by atoms with Gasteiger partial charge in [0.15, 0.2) is 11.5 Å². The Labute approximate surface area is 133 Å². The summed E-state index contributed by atoms with van der Waals surface area (Å²) in [6, 6.07) is 10.7. The molecule has 0 bridgehead atoms. The first-order chi connectivity index (χ1) is 10.2. The van der Waals surface area contributed by atoms with E-state index in [1.165, 1.54) is 6.21 Å². The van der Waals surface area contributed by atoms with Crippen molar-refractivity contribution in [2.75, 3.05) is 7.11 Å². The van der Waals surface area contributed by atoms with E-state index in [-0.39, 0.29) is 6.61 Å². The number of hydrogen-bond donors (Lipinski definition) is 1. The van der Waals surface area contributed by atoms with Crippen molar-refractivity contribution in [2.45, 2.75) is 6.61 Å². The SMILES string of the molecule is COc1ccc(C=NN)cc1OCc1c(Cl)cccc1Cl. The first kappa shape index (κ1) is 15.5. The second-order valence-electron chi connectivity index (χ2n) is 4.18. The Morgan fingerprint density at radius 2 is 1.86 bits per heavy atom. The molecule has 0 saturated carbocycles. The van der Waals surface area contributed by atoms with Crippen molar-refractivity contribution in [2.24, 2.45) is 10.9 Å². The van der Waals surface area contributed by atoms with Gasteiger partial charge in [-0.05, 0) is 35.9 Å². The van der Waals surface area contributed by atoms with Crippen LogP contribution in [0.15, 0.2) is 41.5 Å². The topological polar surface area (TPSA) is 56.8 Å². The molecular weight excluding hydrogens is 311 g/mol. The molecule has 0 aliphatic rings. The normalized spacial score (nSPS) is 10.8. The molecule has 0 spiro atoms. The predicted octanol–water partition coefficient (Wildman–Crippen LogP) is 3.87. The summed E-state index contributed by atoms with van der Waals surface area (Å²) in [6.07, 6.45) is 1.52. The molecule has 6 heteroatoms. The third kappa shape index (κ3) is 3.80. The van der Waals surface area contributed by atoms with Gasteiger partial charge < -0.3 is 15.3 Å². The number of ether oxygens (including phenoxy) is 2. The van der Waals surface area contributed by atoms with Gasteiger partial charge in [-0.1, -0.05) is 29.3 Å². The lowest BCUT2D eigenvalue weighted by Gasteiger charge is -2.13. The van der Waals surface area contributed by atoms with Gasteiger partial charge in [0.1, 0.15) is 6.61 Å². The second-order valence-corrected chi connectivity index (χ2v) is 4.99. The fourth-order valence-corrected chi connectivity index (χ4v) is 2.30. The van der Waals surface area contributed by atoms with E-state index in [1.54, 1.807) is 37.4 Å². The van der Waals surface area contributed by atoms with E-state index in [2.05, 4.69) is 5.10 Å². The average Bonchev–Trinajstić information content (AvgIpc) is 2.47. The van der Waals surface area contributed by atoms with E-state index in [1.807, 2.05) is 6.07 Å². The maximum absolute atomic E-state index is 6.12. The number of halogens is 2. The number of methoxy groups -OCH3 is 1. The Bertz CT molecular complexity index is 640. The lowest BCUT2D eigenvalue weighted by atomic mass is 10.2. The Kier molecular flexibility index (Phi) is 5.31. The lowest BCUT2D eigenvalue weighted by Crippen LogP contribution is -2.00. The van der Waals surface area contributed by atoms with Gasteiger partial charge in [-0.15, -0.1) is 0 Å². The zero-order chi connectivity index (χ0) is 15.2. The minimum atomic E-state index is 0.234. The molecule has 0 atom stereocenters. The average molecular weight is 325 g/mol. The van der Waals surface area contributed by atoms with E-state index in [4.69, 9.17) is 38.5 Å². The molecule has 0 radical (unpaired) electrons. The summed E-state index contributed by atoms with van der Waals surface area (Å²) in [5, 5.41) is 4.60. The molecule has 2 rings (SSSR count). The van der Waals surface area contributed by atoms with E-state index < -0.39 is 0 Å². The molecule has 2 aromatic rings. The monoisotopic (exact) mass is 324 g/mol. The van der Waals surface area contributed by atoms with Crippen molar-refractivity contribution in [3.63, 3.8) is 0 Å². The van der Waals surface area contributed by atoms with Crippen LogP contribution in [-0.2, 0) is 6.61 Å². The smallest absolute Gasteiger partial charge is 0.162 e. The zero-order valence-electron chi connectivity index (χ0n) is 11.3. The van der Waals surface area contributed by atoms with Crippen LogP contribution >= 0.6 is 23.2 Å². The van der Waals surface area contributed by atoms with Crippen LogP contribution in [-0.4, -0.2) is 13.3 Å². The number of nitrogens with two attached hydrogens (primary N) is 1. The van der Waals surface area contributed by atoms with Gasteiger partial charge in [0.25, 0.3) is 0 Å². The summed E-state index contributed by atoms with van der Waals surface area (Å²) >= 11 is 12.2. The predicted molar refractivity (Wildman–Crippen MR) is 85.6 cm³/mol. The first-order valence-corrected chi connectivity index (χ1v) is 6.88. The summed E-state index contributed by atoms with van der Waals surface area (Å²) in [5.74, 6) is 6.31. The van der Waals surface area contributed by atoms with Gasteiger partial charge >= 0.3 is 0 Å². The summed E-state index contributed by atoms with van der Waals surface area (Å²) in [4.78, 5) is 0. The maximum atomic E-state index is 6.12. The summed E-state index contributed by atoms with van der Waals surface area (Å²) in [5.41, 5.74) is 1.53. The van der Waals surface area contributed by atoms with Crippen LogP contribution in [0.5, 0.6) is 11.5 Å². The molecule has 2 aromatic carbocycles. The molecule has 110 valence electrons. The van der Waals surface area contributed by atoms with Crippen LogP contribution in [0.4, 0.5) is 0 Å². The molecule has 2 N–H and O–H groups in total. The molecule has 0 saturated heterocycles. The summed E-state index contributed by atoms with van der Waals surface area (Å²) in [7, 11) is 1.57. The summed E-state index contributed by atoms with van der Waals surface area (Å²) in [6.45, 7) is 0.234. The molecule has 0 fully saturated rings. The Hall–Kier alpha value is -1.91. The largest absolute Gasteiger partial charge is 0.493 e. The van der Waals surface area contributed by atoms with Gasteiger partial charge in [0, 0.05) is 15.6 Å². The van der Waals surface area contributed by atoms with Crippen LogP contribution < -0.4 is 15.3 Å². The Morgan fingerprint density at radius 1 is 1.14 bits per heavy atom. The van der Waals surface area contributed by atoms with Crippen LogP contribution in [0.1, 0.15) is 11.1 Å². The molecule has 0 aromatic heterocycles. The fourth-order valence-electron chi connectivity index (χ4n) is 1.79. The van der Waals surface area contributed by atoms with Crippen molar-refractivity contribution in [3.8, 4) is 11.5 Å². The van der Waals surface area contributed by atoms with Gasteiger partial charge in [0.2, 0.25) is 0 Å². The number of benzene rings is 2. The van der Waals surface area contributed by atoms with Gasteiger partial charge in [-0.25, -0.2) is 0 Å². The third-order valence-corrected chi connectivity index (χ3v) is 3.55. The van der Waals surface area contributed by atoms with E-state index in [9.17, 15) is 0 Å².